The lowest BCUT2D eigenvalue weighted by Gasteiger charge is -2.09. The molecule has 0 fully saturated rings. The number of hydrogen-bond donors (Lipinski definition) is 2. The molecule has 0 aliphatic rings. The van der Waals surface area contributed by atoms with E-state index in [1.54, 1.807) is 12.1 Å². The summed E-state index contributed by atoms with van der Waals surface area (Å²) in [5.41, 5.74) is 0.757. The minimum Gasteiger partial charge on any atom is -0.355 e. The lowest BCUT2D eigenvalue weighted by Crippen LogP contribution is -2.21. The van der Waals surface area contributed by atoms with E-state index in [2.05, 4.69) is 15.5 Å². The number of sulfone groups is 1. The van der Waals surface area contributed by atoms with E-state index in [1.807, 2.05) is 0 Å². The summed E-state index contributed by atoms with van der Waals surface area (Å²) in [6.45, 7) is 1.39. The fourth-order valence-electron chi connectivity index (χ4n) is 2.58. The van der Waals surface area contributed by atoms with Crippen molar-refractivity contribution in [1.82, 2.24) is 15.5 Å². The Morgan fingerprint density at radius 1 is 1.12 bits per heavy atom. The van der Waals surface area contributed by atoms with E-state index in [-0.39, 0.29) is 26.8 Å². The first-order chi connectivity index (χ1) is 11.9. The zero-order valence-corrected chi connectivity index (χ0v) is 14.3. The highest BCUT2D eigenvalue weighted by Crippen LogP contribution is 2.27. The Morgan fingerprint density at radius 2 is 1.84 bits per heavy atom. The zero-order valence-electron chi connectivity index (χ0n) is 13.5. The third-order valence-electron chi connectivity index (χ3n) is 3.83. The monoisotopic (exact) mass is 357 g/mol. The number of nitrogens with one attached hydrogen (secondary N) is 2. The molecule has 0 radical (unpaired) electrons. The third kappa shape index (κ3) is 2.80. The fraction of sp³-hybridized carbons (Fsp3) is 0.118. The topological polar surface area (TPSA) is 109 Å². The van der Waals surface area contributed by atoms with Gasteiger partial charge in [0.2, 0.25) is 9.84 Å². The molecule has 1 heterocycles. The summed E-state index contributed by atoms with van der Waals surface area (Å²) >= 11 is 0. The number of rotatable bonds is 4. The number of nitrogens with zero attached hydrogens (tertiary/aromatic N) is 1. The van der Waals surface area contributed by atoms with Gasteiger partial charge in [-0.25, -0.2) is 8.42 Å². The molecular weight excluding hydrogens is 342 g/mol. The van der Waals surface area contributed by atoms with Crippen molar-refractivity contribution < 1.29 is 18.0 Å². The summed E-state index contributed by atoms with van der Waals surface area (Å²) in [4.78, 5) is 23.4. The van der Waals surface area contributed by atoms with Gasteiger partial charge in [-0.05, 0) is 30.3 Å². The molecular formula is C17H15N3O4S. The van der Waals surface area contributed by atoms with Crippen LogP contribution in [0, 0.1) is 0 Å². The summed E-state index contributed by atoms with van der Waals surface area (Å²) in [5, 5.41) is 9.56. The number of carbonyl (C=O) groups excluding carboxylic acids is 2. The zero-order chi connectivity index (χ0) is 18.2. The van der Waals surface area contributed by atoms with Gasteiger partial charge in [0.25, 0.3) is 5.91 Å². The summed E-state index contributed by atoms with van der Waals surface area (Å²) in [7, 11) is -2.48. The van der Waals surface area contributed by atoms with Crippen molar-refractivity contribution in [2.75, 3.05) is 7.05 Å². The largest absolute Gasteiger partial charge is 0.355 e. The predicted molar refractivity (Wildman–Crippen MR) is 91.4 cm³/mol. The van der Waals surface area contributed by atoms with Crippen molar-refractivity contribution in [3.05, 3.63) is 53.7 Å². The van der Waals surface area contributed by atoms with Crippen LogP contribution in [0.25, 0.3) is 10.9 Å². The van der Waals surface area contributed by atoms with Gasteiger partial charge in [0.05, 0.1) is 20.9 Å². The number of fused-ring (bicyclic) bond motifs is 1. The Bertz CT molecular complexity index is 1100. The first-order valence-corrected chi connectivity index (χ1v) is 8.90. The van der Waals surface area contributed by atoms with E-state index in [0.717, 1.165) is 0 Å². The molecule has 8 heteroatoms. The Hall–Kier alpha value is -3.00. The van der Waals surface area contributed by atoms with E-state index < -0.39 is 15.7 Å². The first kappa shape index (κ1) is 16.8. The highest BCUT2D eigenvalue weighted by atomic mass is 32.2. The predicted octanol–water partition coefficient (Wildman–Crippen LogP) is 1.96. The van der Waals surface area contributed by atoms with Gasteiger partial charge < -0.3 is 5.32 Å². The second-order valence-electron chi connectivity index (χ2n) is 5.41. The van der Waals surface area contributed by atoms with E-state index in [9.17, 15) is 18.0 Å². The SMILES string of the molecule is CNC(=O)c1ccccc1S(=O)(=O)c1ccc2c(C(C)=O)n[nH]c2c1. The molecule has 0 atom stereocenters. The lowest BCUT2D eigenvalue weighted by atomic mass is 10.2. The number of ketones is 1. The number of hydrogen-bond acceptors (Lipinski definition) is 5. The molecule has 0 unspecified atom stereocenters. The normalized spacial score (nSPS) is 11.4. The number of Topliss-reactive ketones (excluding diaryl/α,β-unsaturated/α-hetero) is 1. The van der Waals surface area contributed by atoms with E-state index in [1.165, 1.54) is 44.3 Å². The molecule has 0 bridgehead atoms. The quantitative estimate of drug-likeness (QED) is 0.694. The molecule has 2 aromatic carbocycles. The van der Waals surface area contributed by atoms with Gasteiger partial charge in [0, 0.05) is 19.4 Å². The summed E-state index contributed by atoms with van der Waals surface area (Å²) < 4.78 is 26.0. The summed E-state index contributed by atoms with van der Waals surface area (Å²) in [6, 6.07) is 10.3. The van der Waals surface area contributed by atoms with Crippen LogP contribution in [0.2, 0.25) is 0 Å². The van der Waals surface area contributed by atoms with Crippen LogP contribution in [0.15, 0.2) is 52.3 Å². The average molecular weight is 357 g/mol. The molecule has 2 N–H and O–H groups in total. The molecule has 0 saturated carbocycles. The van der Waals surface area contributed by atoms with E-state index in [0.29, 0.717) is 10.9 Å². The highest BCUT2D eigenvalue weighted by Gasteiger charge is 2.24. The number of aromatic amines is 1. The van der Waals surface area contributed by atoms with Crippen molar-refractivity contribution in [1.29, 1.82) is 0 Å². The standard InChI is InChI=1S/C17H15N3O4S/c1-10(21)16-12-8-7-11(9-14(12)19-20-16)25(23,24)15-6-4-3-5-13(15)17(22)18-2/h3-9H,1-2H3,(H,18,22)(H,19,20). The molecule has 1 aromatic heterocycles. The van der Waals surface area contributed by atoms with E-state index >= 15 is 0 Å². The minimum absolute atomic E-state index is 0.00936. The summed E-state index contributed by atoms with van der Waals surface area (Å²) in [6.07, 6.45) is 0. The van der Waals surface area contributed by atoms with Crippen molar-refractivity contribution in [3.8, 4) is 0 Å². The third-order valence-corrected chi connectivity index (χ3v) is 5.64. The van der Waals surface area contributed by atoms with Gasteiger partial charge in [-0.1, -0.05) is 12.1 Å². The van der Waals surface area contributed by atoms with Crippen molar-refractivity contribution in [2.45, 2.75) is 16.7 Å². The number of aromatic nitrogens is 2. The maximum absolute atomic E-state index is 13.0. The van der Waals surface area contributed by atoms with Crippen molar-refractivity contribution >= 4 is 32.4 Å². The molecule has 1 amide bonds. The first-order valence-electron chi connectivity index (χ1n) is 7.41. The molecule has 3 aromatic rings. The molecule has 0 aliphatic heterocycles. The van der Waals surface area contributed by atoms with Gasteiger partial charge in [0.15, 0.2) is 5.78 Å². The molecule has 7 nitrogen and oxygen atoms in total. The Labute approximate surface area is 144 Å². The van der Waals surface area contributed by atoms with Crippen LogP contribution in [0.4, 0.5) is 0 Å². The Kier molecular flexibility index (Phi) is 4.13. The lowest BCUT2D eigenvalue weighted by molar-refractivity contribution is 0.0958. The number of benzene rings is 2. The van der Waals surface area contributed by atoms with E-state index in [4.69, 9.17) is 0 Å². The number of carbonyl (C=O) groups is 2. The fourth-order valence-corrected chi connectivity index (χ4v) is 4.07. The smallest absolute Gasteiger partial charge is 0.252 e. The molecule has 128 valence electrons. The maximum Gasteiger partial charge on any atom is 0.252 e. The number of amides is 1. The van der Waals surface area contributed by atoms with Crippen LogP contribution in [-0.2, 0) is 9.84 Å². The van der Waals surface area contributed by atoms with Crippen molar-refractivity contribution in [2.24, 2.45) is 0 Å². The van der Waals surface area contributed by atoms with Gasteiger partial charge in [-0.2, -0.15) is 5.10 Å². The molecule has 0 saturated heterocycles. The summed E-state index contributed by atoms with van der Waals surface area (Å²) in [5.74, 6) is -0.701. The van der Waals surface area contributed by atoms with Gasteiger partial charge >= 0.3 is 0 Å². The second-order valence-corrected chi connectivity index (χ2v) is 7.33. The van der Waals surface area contributed by atoms with Gasteiger partial charge in [-0.3, -0.25) is 14.7 Å². The molecule has 0 spiro atoms. The van der Waals surface area contributed by atoms with Crippen LogP contribution in [0.1, 0.15) is 27.8 Å². The number of H-pyrrole nitrogens is 1. The Morgan fingerprint density at radius 3 is 2.52 bits per heavy atom. The van der Waals surface area contributed by atoms with Crippen LogP contribution in [-0.4, -0.2) is 37.4 Å². The van der Waals surface area contributed by atoms with Crippen LogP contribution in [0.3, 0.4) is 0 Å². The van der Waals surface area contributed by atoms with Crippen molar-refractivity contribution in [3.63, 3.8) is 0 Å². The average Bonchev–Trinajstić information content (AvgIpc) is 3.04. The minimum atomic E-state index is -3.92. The van der Waals surface area contributed by atoms with Gasteiger partial charge in [0.1, 0.15) is 5.69 Å². The molecule has 25 heavy (non-hydrogen) atoms. The van der Waals surface area contributed by atoms with Crippen LogP contribution >= 0.6 is 0 Å². The second kappa shape index (κ2) is 6.14. The highest BCUT2D eigenvalue weighted by molar-refractivity contribution is 7.91. The molecule has 0 aliphatic carbocycles. The van der Waals surface area contributed by atoms with Crippen LogP contribution in [0.5, 0.6) is 0 Å². The molecule has 3 rings (SSSR count). The van der Waals surface area contributed by atoms with Gasteiger partial charge in [-0.15, -0.1) is 0 Å². The Balaban J connectivity index is 2.17. The maximum atomic E-state index is 13.0. The van der Waals surface area contributed by atoms with Crippen LogP contribution < -0.4 is 5.32 Å².